The Labute approximate surface area is 97.2 Å². The molecule has 0 bridgehead atoms. The molecule has 1 aromatic heterocycles. The number of hydrogen-bond donors (Lipinski definition) is 1. The Bertz CT molecular complexity index is 348. The molecule has 1 N–H and O–H groups in total. The van der Waals surface area contributed by atoms with E-state index in [1.807, 2.05) is 12.3 Å². The van der Waals surface area contributed by atoms with Crippen LogP contribution < -0.4 is 5.32 Å². The summed E-state index contributed by atoms with van der Waals surface area (Å²) >= 11 is 0. The van der Waals surface area contributed by atoms with Crippen molar-refractivity contribution in [2.24, 2.45) is 5.41 Å². The molecule has 0 aliphatic heterocycles. The van der Waals surface area contributed by atoms with E-state index in [0.717, 1.165) is 25.4 Å². The lowest BCUT2D eigenvalue weighted by molar-refractivity contribution is 0.175. The highest BCUT2D eigenvalue weighted by Gasteiger charge is 2.41. The summed E-state index contributed by atoms with van der Waals surface area (Å²) in [6.07, 6.45) is 5.64. The average molecular weight is 220 g/mol. The lowest BCUT2D eigenvalue weighted by Gasteiger charge is -2.15. The number of rotatable bonds is 6. The number of hydrogen-bond acceptors (Lipinski definition) is 3. The highest BCUT2D eigenvalue weighted by Crippen LogP contribution is 2.48. The van der Waals surface area contributed by atoms with Crippen molar-refractivity contribution in [3.8, 4) is 0 Å². The van der Waals surface area contributed by atoms with Gasteiger partial charge in [0.2, 0.25) is 0 Å². The monoisotopic (exact) mass is 220 g/mol. The Morgan fingerprint density at radius 3 is 2.94 bits per heavy atom. The van der Waals surface area contributed by atoms with Gasteiger partial charge in [-0.05, 0) is 49.3 Å². The van der Waals surface area contributed by atoms with E-state index < -0.39 is 0 Å². The van der Waals surface area contributed by atoms with E-state index in [2.05, 4.69) is 23.3 Å². The Morgan fingerprint density at radius 2 is 2.31 bits per heavy atom. The van der Waals surface area contributed by atoms with Gasteiger partial charge in [0.15, 0.2) is 0 Å². The molecule has 1 saturated carbocycles. The van der Waals surface area contributed by atoms with Crippen molar-refractivity contribution in [3.05, 3.63) is 23.9 Å². The molecule has 0 radical (unpaired) electrons. The van der Waals surface area contributed by atoms with E-state index in [9.17, 15) is 0 Å². The van der Waals surface area contributed by atoms with Crippen molar-refractivity contribution >= 4 is 5.82 Å². The quantitative estimate of drug-likeness (QED) is 0.800. The average Bonchev–Trinajstić information content (AvgIpc) is 3.05. The lowest BCUT2D eigenvalue weighted by atomic mass is 10.0. The minimum atomic E-state index is 0.474. The van der Waals surface area contributed by atoms with E-state index in [0.29, 0.717) is 5.41 Å². The van der Waals surface area contributed by atoms with Crippen molar-refractivity contribution in [1.82, 2.24) is 4.98 Å². The van der Waals surface area contributed by atoms with Crippen LogP contribution in [0.5, 0.6) is 0 Å². The maximum Gasteiger partial charge on any atom is 0.126 e. The van der Waals surface area contributed by atoms with Gasteiger partial charge in [0.05, 0.1) is 0 Å². The fourth-order valence-electron chi connectivity index (χ4n) is 1.92. The van der Waals surface area contributed by atoms with Gasteiger partial charge in [-0.15, -0.1) is 0 Å². The summed E-state index contributed by atoms with van der Waals surface area (Å²) in [4.78, 5) is 4.31. The molecule has 0 unspecified atom stereocenters. The van der Waals surface area contributed by atoms with Crippen LogP contribution in [-0.2, 0) is 4.74 Å². The van der Waals surface area contributed by atoms with Crippen LogP contribution in [0.25, 0.3) is 0 Å². The summed E-state index contributed by atoms with van der Waals surface area (Å²) in [6.45, 7) is 3.97. The van der Waals surface area contributed by atoms with Crippen LogP contribution in [0.15, 0.2) is 18.3 Å². The first-order chi connectivity index (χ1) is 7.74. The first-order valence-corrected chi connectivity index (χ1v) is 5.90. The summed E-state index contributed by atoms with van der Waals surface area (Å²) in [5.74, 6) is 0.990. The zero-order valence-electron chi connectivity index (χ0n) is 10.1. The number of nitrogens with one attached hydrogen (secondary N) is 1. The fraction of sp³-hybridized carbons (Fsp3) is 0.615. The Morgan fingerprint density at radius 1 is 1.50 bits per heavy atom. The summed E-state index contributed by atoms with van der Waals surface area (Å²) in [5.41, 5.74) is 1.72. The molecule has 0 saturated heterocycles. The third-order valence-corrected chi connectivity index (χ3v) is 3.35. The highest BCUT2D eigenvalue weighted by molar-refractivity contribution is 5.37. The summed E-state index contributed by atoms with van der Waals surface area (Å²) in [5, 5.41) is 3.43. The summed E-state index contributed by atoms with van der Waals surface area (Å²) < 4.78 is 5.15. The van der Waals surface area contributed by atoms with Crippen molar-refractivity contribution < 1.29 is 4.74 Å². The van der Waals surface area contributed by atoms with Crippen LogP contribution in [0.2, 0.25) is 0 Å². The molecule has 0 amide bonds. The smallest absolute Gasteiger partial charge is 0.126 e. The minimum absolute atomic E-state index is 0.474. The summed E-state index contributed by atoms with van der Waals surface area (Å²) in [6, 6.07) is 4.11. The molecular weight excluding hydrogens is 200 g/mol. The largest absolute Gasteiger partial charge is 0.385 e. The van der Waals surface area contributed by atoms with Gasteiger partial charge in [-0.3, -0.25) is 0 Å². The molecule has 1 fully saturated rings. The van der Waals surface area contributed by atoms with Gasteiger partial charge in [-0.2, -0.15) is 0 Å². The molecule has 3 heteroatoms. The molecule has 2 rings (SSSR count). The fourth-order valence-corrected chi connectivity index (χ4v) is 1.92. The van der Waals surface area contributed by atoms with Gasteiger partial charge < -0.3 is 10.1 Å². The van der Waals surface area contributed by atoms with E-state index in [1.54, 1.807) is 7.11 Å². The van der Waals surface area contributed by atoms with E-state index in [4.69, 9.17) is 4.74 Å². The molecule has 0 spiro atoms. The van der Waals surface area contributed by atoms with E-state index in [1.165, 1.54) is 18.4 Å². The predicted molar refractivity (Wildman–Crippen MR) is 65.6 cm³/mol. The van der Waals surface area contributed by atoms with Gasteiger partial charge in [0.25, 0.3) is 0 Å². The van der Waals surface area contributed by atoms with Crippen LogP contribution >= 0.6 is 0 Å². The third-order valence-electron chi connectivity index (χ3n) is 3.35. The molecule has 0 atom stereocenters. The van der Waals surface area contributed by atoms with Gasteiger partial charge in [-0.1, -0.05) is 0 Å². The molecular formula is C13H20N2O. The Balaban J connectivity index is 1.83. The van der Waals surface area contributed by atoms with Gasteiger partial charge in [0.1, 0.15) is 5.82 Å². The molecule has 88 valence electrons. The number of pyridine rings is 1. The SMILES string of the molecule is COCCC1(CNc2cc(C)ccn2)CC1. The van der Waals surface area contributed by atoms with Crippen LogP contribution in [0.3, 0.4) is 0 Å². The van der Waals surface area contributed by atoms with Crippen molar-refractivity contribution in [1.29, 1.82) is 0 Å². The normalized spacial score (nSPS) is 17.1. The molecule has 16 heavy (non-hydrogen) atoms. The Kier molecular flexibility index (Phi) is 3.44. The molecule has 1 aliphatic rings. The van der Waals surface area contributed by atoms with Gasteiger partial charge in [-0.25, -0.2) is 4.98 Å². The molecule has 0 aromatic carbocycles. The number of anilines is 1. The van der Waals surface area contributed by atoms with Crippen LogP contribution in [0.1, 0.15) is 24.8 Å². The molecule has 1 aliphatic carbocycles. The van der Waals surface area contributed by atoms with Gasteiger partial charge in [0, 0.05) is 26.5 Å². The van der Waals surface area contributed by atoms with Crippen LogP contribution in [-0.4, -0.2) is 25.2 Å². The third kappa shape index (κ3) is 2.95. The van der Waals surface area contributed by atoms with E-state index in [-0.39, 0.29) is 0 Å². The number of methoxy groups -OCH3 is 1. The second kappa shape index (κ2) is 4.83. The molecule has 1 aromatic rings. The first-order valence-electron chi connectivity index (χ1n) is 5.90. The topological polar surface area (TPSA) is 34.1 Å². The number of aromatic nitrogens is 1. The zero-order chi connectivity index (χ0) is 11.4. The second-order valence-electron chi connectivity index (χ2n) is 4.81. The second-order valence-corrected chi connectivity index (χ2v) is 4.81. The standard InChI is InChI=1S/C13H20N2O/c1-11-3-7-14-12(9-11)15-10-13(4-5-13)6-8-16-2/h3,7,9H,4-6,8,10H2,1-2H3,(H,14,15). The van der Waals surface area contributed by atoms with Crippen molar-refractivity contribution in [2.75, 3.05) is 25.6 Å². The maximum atomic E-state index is 5.15. The highest BCUT2D eigenvalue weighted by atomic mass is 16.5. The minimum Gasteiger partial charge on any atom is -0.385 e. The zero-order valence-corrected chi connectivity index (χ0v) is 10.1. The number of ether oxygens (including phenoxy) is 1. The number of aryl methyl sites for hydroxylation is 1. The maximum absolute atomic E-state index is 5.15. The molecule has 1 heterocycles. The van der Waals surface area contributed by atoms with Crippen LogP contribution in [0, 0.1) is 12.3 Å². The first kappa shape index (κ1) is 11.4. The predicted octanol–water partition coefficient (Wildman–Crippen LogP) is 2.62. The summed E-state index contributed by atoms with van der Waals surface area (Å²) in [7, 11) is 1.77. The lowest BCUT2D eigenvalue weighted by Crippen LogP contribution is -2.17. The van der Waals surface area contributed by atoms with Gasteiger partial charge >= 0.3 is 0 Å². The van der Waals surface area contributed by atoms with Crippen molar-refractivity contribution in [3.63, 3.8) is 0 Å². The number of nitrogens with zero attached hydrogens (tertiary/aromatic N) is 1. The Hall–Kier alpha value is -1.09. The van der Waals surface area contributed by atoms with Crippen LogP contribution in [0.4, 0.5) is 5.82 Å². The van der Waals surface area contributed by atoms with E-state index >= 15 is 0 Å². The van der Waals surface area contributed by atoms with Crippen molar-refractivity contribution in [2.45, 2.75) is 26.2 Å². The molecule has 3 nitrogen and oxygen atoms in total.